The number of ether oxygens (including phenoxy) is 2. The fraction of sp³-hybridized carbons (Fsp3) is 0.571. The van der Waals surface area contributed by atoms with Crippen LogP contribution < -0.4 is 15.2 Å². The Balaban J connectivity index is 2.23. The first-order valence-corrected chi connectivity index (χ1v) is 6.82. The monoisotopic (exact) mass is 267 g/mol. The zero-order valence-electron chi connectivity index (χ0n) is 10.8. The van der Waals surface area contributed by atoms with E-state index >= 15 is 0 Å². The summed E-state index contributed by atoms with van der Waals surface area (Å²) >= 11 is 6.30. The predicted molar refractivity (Wildman–Crippen MR) is 71.6 cm³/mol. The van der Waals surface area contributed by atoms with Crippen molar-refractivity contribution in [2.24, 2.45) is 5.73 Å². The van der Waals surface area contributed by atoms with Gasteiger partial charge in [-0.1, -0.05) is 25.4 Å². The maximum Gasteiger partial charge on any atom is 0.180 e. The third kappa shape index (κ3) is 1.77. The Morgan fingerprint density at radius 3 is 2.39 bits per heavy atom. The summed E-state index contributed by atoms with van der Waals surface area (Å²) in [6, 6.07) is 1.97. The van der Waals surface area contributed by atoms with Gasteiger partial charge in [-0.3, -0.25) is 0 Å². The van der Waals surface area contributed by atoms with Crippen LogP contribution in [0.15, 0.2) is 6.07 Å². The second-order valence-corrected chi connectivity index (χ2v) is 5.89. The van der Waals surface area contributed by atoms with Crippen molar-refractivity contribution >= 4 is 11.6 Å². The van der Waals surface area contributed by atoms with Gasteiger partial charge in [-0.25, -0.2) is 0 Å². The van der Waals surface area contributed by atoms with Crippen LogP contribution in [0.3, 0.4) is 0 Å². The number of benzene rings is 1. The highest BCUT2D eigenvalue weighted by Crippen LogP contribution is 2.52. The number of halogens is 1. The van der Waals surface area contributed by atoms with E-state index in [2.05, 4.69) is 13.8 Å². The molecule has 1 aromatic rings. The highest BCUT2D eigenvalue weighted by molar-refractivity contribution is 6.32. The van der Waals surface area contributed by atoms with Crippen LogP contribution in [0.2, 0.25) is 5.02 Å². The molecule has 18 heavy (non-hydrogen) atoms. The fourth-order valence-corrected chi connectivity index (χ4v) is 2.83. The van der Waals surface area contributed by atoms with E-state index in [-0.39, 0.29) is 5.54 Å². The molecule has 0 amide bonds. The summed E-state index contributed by atoms with van der Waals surface area (Å²) in [5.41, 5.74) is 8.44. The van der Waals surface area contributed by atoms with Gasteiger partial charge in [0.15, 0.2) is 11.5 Å². The molecule has 0 aromatic heterocycles. The molecule has 0 spiro atoms. The molecule has 0 atom stereocenters. The minimum absolute atomic E-state index is 0.209. The van der Waals surface area contributed by atoms with E-state index in [0.717, 1.165) is 29.7 Å². The van der Waals surface area contributed by atoms with Crippen LogP contribution in [0, 0.1) is 0 Å². The van der Waals surface area contributed by atoms with Gasteiger partial charge in [0.1, 0.15) is 13.2 Å². The Bertz CT molecular complexity index is 495. The molecule has 3 rings (SSSR count). The zero-order valence-corrected chi connectivity index (χ0v) is 11.5. The van der Waals surface area contributed by atoms with Crippen LogP contribution in [0.1, 0.15) is 43.7 Å². The molecule has 0 unspecified atom stereocenters. The van der Waals surface area contributed by atoms with Crippen molar-refractivity contribution in [1.29, 1.82) is 0 Å². The molecular weight excluding hydrogens is 250 g/mol. The number of rotatable bonds is 2. The largest absolute Gasteiger partial charge is 0.486 e. The standard InChI is InChI=1S/C14H18ClNO2/c1-8(2)11-9(14(16)3-4-14)7-10(15)12-13(11)18-6-5-17-12/h7-8H,3-6,16H2,1-2H3. The van der Waals surface area contributed by atoms with E-state index < -0.39 is 0 Å². The molecule has 1 heterocycles. The van der Waals surface area contributed by atoms with Crippen molar-refractivity contribution in [3.05, 3.63) is 22.2 Å². The third-order valence-corrected chi connectivity index (χ3v) is 3.99. The summed E-state index contributed by atoms with van der Waals surface area (Å²) in [4.78, 5) is 0. The van der Waals surface area contributed by atoms with Crippen LogP contribution in [0.5, 0.6) is 11.5 Å². The van der Waals surface area contributed by atoms with Gasteiger partial charge in [0.05, 0.1) is 5.02 Å². The lowest BCUT2D eigenvalue weighted by molar-refractivity contribution is 0.169. The molecule has 3 nitrogen and oxygen atoms in total. The first-order chi connectivity index (χ1) is 8.53. The van der Waals surface area contributed by atoms with Crippen LogP contribution in [-0.4, -0.2) is 13.2 Å². The van der Waals surface area contributed by atoms with E-state index in [1.54, 1.807) is 0 Å². The molecule has 1 saturated carbocycles. The van der Waals surface area contributed by atoms with E-state index in [1.807, 2.05) is 6.07 Å². The van der Waals surface area contributed by atoms with Crippen LogP contribution in [0.25, 0.3) is 0 Å². The average molecular weight is 268 g/mol. The van der Waals surface area contributed by atoms with Crippen molar-refractivity contribution in [2.75, 3.05) is 13.2 Å². The maximum atomic E-state index is 6.35. The normalized spacial score (nSPS) is 20.1. The Morgan fingerprint density at radius 1 is 1.22 bits per heavy atom. The van der Waals surface area contributed by atoms with E-state index in [9.17, 15) is 0 Å². The van der Waals surface area contributed by atoms with Gasteiger partial charge in [0, 0.05) is 11.1 Å². The van der Waals surface area contributed by atoms with Crippen molar-refractivity contribution in [2.45, 2.75) is 38.1 Å². The summed E-state index contributed by atoms with van der Waals surface area (Å²) < 4.78 is 11.4. The second-order valence-electron chi connectivity index (χ2n) is 5.49. The zero-order chi connectivity index (χ0) is 12.9. The Labute approximate surface area is 112 Å². The van der Waals surface area contributed by atoms with Crippen molar-refractivity contribution < 1.29 is 9.47 Å². The molecule has 0 saturated heterocycles. The summed E-state index contributed by atoms with van der Waals surface area (Å²) in [5, 5.41) is 0.612. The summed E-state index contributed by atoms with van der Waals surface area (Å²) in [6.07, 6.45) is 2.03. The molecule has 1 aliphatic heterocycles. The molecule has 1 aliphatic carbocycles. The minimum Gasteiger partial charge on any atom is -0.486 e. The smallest absolute Gasteiger partial charge is 0.180 e. The maximum absolute atomic E-state index is 6.35. The molecule has 98 valence electrons. The lowest BCUT2D eigenvalue weighted by atomic mass is 9.90. The molecule has 2 aliphatic rings. The van der Waals surface area contributed by atoms with E-state index in [4.69, 9.17) is 26.8 Å². The summed E-state index contributed by atoms with van der Waals surface area (Å²) in [7, 11) is 0. The van der Waals surface area contributed by atoms with E-state index in [1.165, 1.54) is 0 Å². The molecule has 0 radical (unpaired) electrons. The first kappa shape index (κ1) is 12.1. The molecule has 2 N–H and O–H groups in total. The van der Waals surface area contributed by atoms with Crippen LogP contribution >= 0.6 is 11.6 Å². The Kier molecular flexibility index (Phi) is 2.72. The average Bonchev–Trinajstić information content (AvgIpc) is 3.08. The van der Waals surface area contributed by atoms with Gasteiger partial charge >= 0.3 is 0 Å². The Morgan fingerprint density at radius 2 is 1.83 bits per heavy atom. The van der Waals surface area contributed by atoms with Crippen molar-refractivity contribution in [3.63, 3.8) is 0 Å². The third-order valence-electron chi connectivity index (χ3n) is 3.71. The molecule has 4 heteroatoms. The summed E-state index contributed by atoms with van der Waals surface area (Å²) in [6.45, 7) is 5.43. The van der Waals surface area contributed by atoms with Crippen molar-refractivity contribution in [3.8, 4) is 11.5 Å². The first-order valence-electron chi connectivity index (χ1n) is 6.44. The minimum atomic E-state index is -0.209. The quantitative estimate of drug-likeness (QED) is 0.895. The van der Waals surface area contributed by atoms with Gasteiger partial charge in [-0.15, -0.1) is 0 Å². The second kappa shape index (κ2) is 4.04. The SMILES string of the molecule is CC(C)c1c(C2(N)CC2)cc(Cl)c2c1OCCO2. The summed E-state index contributed by atoms with van der Waals surface area (Å²) in [5.74, 6) is 1.82. The fourth-order valence-electron chi connectivity index (χ4n) is 2.58. The number of nitrogens with two attached hydrogens (primary N) is 1. The predicted octanol–water partition coefficient (Wildman–Crippen LogP) is 3.18. The van der Waals surface area contributed by atoms with Crippen molar-refractivity contribution in [1.82, 2.24) is 0 Å². The number of hydrogen-bond donors (Lipinski definition) is 1. The topological polar surface area (TPSA) is 44.5 Å². The van der Waals surface area contributed by atoms with E-state index in [0.29, 0.717) is 29.9 Å². The van der Waals surface area contributed by atoms with Gasteiger partial charge in [0.2, 0.25) is 0 Å². The molecule has 0 bridgehead atoms. The Hall–Kier alpha value is -0.930. The number of hydrogen-bond acceptors (Lipinski definition) is 3. The molecule has 1 fully saturated rings. The van der Waals surface area contributed by atoms with Gasteiger partial charge in [-0.2, -0.15) is 0 Å². The van der Waals surface area contributed by atoms with Crippen LogP contribution in [0.4, 0.5) is 0 Å². The lowest BCUT2D eigenvalue weighted by Gasteiger charge is -2.27. The highest BCUT2D eigenvalue weighted by Gasteiger charge is 2.44. The van der Waals surface area contributed by atoms with Gasteiger partial charge < -0.3 is 15.2 Å². The lowest BCUT2D eigenvalue weighted by Crippen LogP contribution is -2.24. The highest BCUT2D eigenvalue weighted by atomic mass is 35.5. The van der Waals surface area contributed by atoms with Gasteiger partial charge in [0.25, 0.3) is 0 Å². The van der Waals surface area contributed by atoms with Gasteiger partial charge in [-0.05, 0) is 30.4 Å². The number of fused-ring (bicyclic) bond motifs is 1. The van der Waals surface area contributed by atoms with Crippen LogP contribution in [-0.2, 0) is 5.54 Å². The molecule has 1 aromatic carbocycles. The molecular formula is C14H18ClNO2.